The number of amides is 3. The topological polar surface area (TPSA) is 69.7 Å². The van der Waals surface area contributed by atoms with Gasteiger partial charge in [-0.2, -0.15) is 0 Å². The van der Waals surface area contributed by atoms with Crippen molar-refractivity contribution in [2.45, 2.75) is 46.7 Å². The fourth-order valence-electron chi connectivity index (χ4n) is 3.11. The summed E-state index contributed by atoms with van der Waals surface area (Å²) in [6, 6.07) is 17.0. The Labute approximate surface area is 172 Å². The molecule has 0 saturated carbocycles. The van der Waals surface area contributed by atoms with E-state index < -0.39 is 0 Å². The van der Waals surface area contributed by atoms with Gasteiger partial charge < -0.3 is 15.1 Å². The number of benzene rings is 2. The monoisotopic (exact) mass is 395 g/mol. The molecule has 0 radical (unpaired) electrons. The van der Waals surface area contributed by atoms with E-state index in [1.165, 1.54) is 13.8 Å². The molecule has 0 aliphatic carbocycles. The Bertz CT molecular complexity index is 849. The quantitative estimate of drug-likeness (QED) is 0.739. The van der Waals surface area contributed by atoms with Gasteiger partial charge in [0.15, 0.2) is 0 Å². The second-order valence-electron chi connectivity index (χ2n) is 7.25. The van der Waals surface area contributed by atoms with Crippen molar-refractivity contribution in [1.29, 1.82) is 0 Å². The molecule has 0 aromatic heterocycles. The highest BCUT2D eigenvalue weighted by molar-refractivity contribution is 5.94. The van der Waals surface area contributed by atoms with Crippen LogP contribution >= 0.6 is 0 Å². The first-order chi connectivity index (χ1) is 13.8. The molecule has 1 N–H and O–H groups in total. The fraction of sp³-hybridized carbons (Fsp3) is 0.348. The van der Waals surface area contributed by atoms with Crippen LogP contribution in [0.25, 0.3) is 0 Å². The first-order valence-electron chi connectivity index (χ1n) is 9.77. The molecule has 6 nitrogen and oxygen atoms in total. The third-order valence-electron chi connectivity index (χ3n) is 4.55. The third-order valence-corrected chi connectivity index (χ3v) is 4.55. The number of rotatable bonds is 8. The van der Waals surface area contributed by atoms with Crippen LogP contribution in [0, 0.1) is 0 Å². The SMILES string of the molecule is CC(=O)Nc1cccc(N(CCC(=O)N(Cc2ccccc2)C(C)C)C(C)=O)c1. The van der Waals surface area contributed by atoms with E-state index in [9.17, 15) is 14.4 Å². The van der Waals surface area contributed by atoms with Gasteiger partial charge in [0.05, 0.1) is 0 Å². The predicted octanol–water partition coefficient (Wildman–Crippen LogP) is 3.83. The van der Waals surface area contributed by atoms with Gasteiger partial charge in [-0.15, -0.1) is 0 Å². The van der Waals surface area contributed by atoms with Gasteiger partial charge in [0.1, 0.15) is 0 Å². The first-order valence-corrected chi connectivity index (χ1v) is 9.77. The summed E-state index contributed by atoms with van der Waals surface area (Å²) >= 11 is 0. The van der Waals surface area contributed by atoms with Gasteiger partial charge in [0.2, 0.25) is 17.7 Å². The van der Waals surface area contributed by atoms with E-state index in [4.69, 9.17) is 0 Å². The number of hydrogen-bond donors (Lipinski definition) is 1. The number of nitrogens with one attached hydrogen (secondary N) is 1. The minimum atomic E-state index is -0.180. The van der Waals surface area contributed by atoms with E-state index in [1.807, 2.05) is 49.1 Å². The summed E-state index contributed by atoms with van der Waals surface area (Å²) in [6.07, 6.45) is 0.217. The Balaban J connectivity index is 2.09. The molecule has 0 saturated heterocycles. The lowest BCUT2D eigenvalue weighted by atomic mass is 10.1. The van der Waals surface area contributed by atoms with Crippen molar-refractivity contribution in [3.63, 3.8) is 0 Å². The van der Waals surface area contributed by atoms with Crippen LogP contribution in [-0.2, 0) is 20.9 Å². The summed E-state index contributed by atoms with van der Waals surface area (Å²) in [6.45, 7) is 7.69. The Morgan fingerprint density at radius 3 is 2.24 bits per heavy atom. The molecular formula is C23H29N3O3. The molecule has 154 valence electrons. The van der Waals surface area contributed by atoms with Crippen molar-refractivity contribution in [3.05, 3.63) is 60.2 Å². The lowest BCUT2D eigenvalue weighted by molar-refractivity contribution is -0.133. The van der Waals surface area contributed by atoms with Crippen LogP contribution in [-0.4, -0.2) is 35.2 Å². The summed E-state index contributed by atoms with van der Waals surface area (Å²) in [4.78, 5) is 39.8. The number of hydrogen-bond acceptors (Lipinski definition) is 3. The van der Waals surface area contributed by atoms with Crippen molar-refractivity contribution in [2.75, 3.05) is 16.8 Å². The number of carbonyl (C=O) groups is 3. The highest BCUT2D eigenvalue weighted by Crippen LogP contribution is 2.21. The zero-order valence-electron chi connectivity index (χ0n) is 17.5. The van der Waals surface area contributed by atoms with Crippen LogP contribution in [0.3, 0.4) is 0 Å². The number of anilines is 2. The van der Waals surface area contributed by atoms with Crippen LogP contribution in [0.15, 0.2) is 54.6 Å². The molecule has 6 heteroatoms. The van der Waals surface area contributed by atoms with Gasteiger partial charge in [-0.05, 0) is 37.6 Å². The van der Waals surface area contributed by atoms with E-state index in [2.05, 4.69) is 5.32 Å². The highest BCUT2D eigenvalue weighted by Gasteiger charge is 2.20. The lowest BCUT2D eigenvalue weighted by Crippen LogP contribution is -2.39. The van der Waals surface area contributed by atoms with E-state index in [-0.39, 0.29) is 36.7 Å². The Hall–Kier alpha value is -3.15. The highest BCUT2D eigenvalue weighted by atomic mass is 16.2. The largest absolute Gasteiger partial charge is 0.336 e. The maximum atomic E-state index is 12.9. The lowest BCUT2D eigenvalue weighted by Gasteiger charge is -2.29. The number of nitrogens with zero attached hydrogens (tertiary/aromatic N) is 2. The molecule has 2 aromatic carbocycles. The van der Waals surface area contributed by atoms with Crippen molar-refractivity contribution < 1.29 is 14.4 Å². The molecule has 0 unspecified atom stereocenters. The molecule has 0 aliphatic heterocycles. The summed E-state index contributed by atoms with van der Waals surface area (Å²) in [5.74, 6) is -0.342. The molecule has 0 heterocycles. The van der Waals surface area contributed by atoms with Crippen molar-refractivity contribution >= 4 is 29.1 Å². The van der Waals surface area contributed by atoms with Crippen LogP contribution in [0.4, 0.5) is 11.4 Å². The summed E-state index contributed by atoms with van der Waals surface area (Å²) in [5, 5.41) is 2.71. The molecule has 3 amide bonds. The Morgan fingerprint density at radius 2 is 1.66 bits per heavy atom. The van der Waals surface area contributed by atoms with Crippen LogP contribution < -0.4 is 10.2 Å². The molecule has 0 atom stereocenters. The van der Waals surface area contributed by atoms with Crippen LogP contribution in [0.5, 0.6) is 0 Å². The number of carbonyl (C=O) groups excluding carboxylic acids is 3. The molecular weight excluding hydrogens is 366 g/mol. The average Bonchev–Trinajstić information content (AvgIpc) is 2.66. The van der Waals surface area contributed by atoms with Crippen LogP contribution in [0.1, 0.15) is 39.7 Å². The van der Waals surface area contributed by atoms with Gasteiger partial charge >= 0.3 is 0 Å². The molecule has 29 heavy (non-hydrogen) atoms. The summed E-state index contributed by atoms with van der Waals surface area (Å²) in [5.41, 5.74) is 2.33. The normalized spacial score (nSPS) is 10.5. The second kappa shape index (κ2) is 10.4. The maximum Gasteiger partial charge on any atom is 0.224 e. The Morgan fingerprint density at radius 1 is 0.966 bits per heavy atom. The van der Waals surface area contributed by atoms with Gasteiger partial charge in [-0.3, -0.25) is 14.4 Å². The van der Waals surface area contributed by atoms with Gasteiger partial charge in [-0.25, -0.2) is 0 Å². The second-order valence-corrected chi connectivity index (χ2v) is 7.25. The first kappa shape index (κ1) is 22.1. The van der Waals surface area contributed by atoms with E-state index >= 15 is 0 Å². The zero-order valence-corrected chi connectivity index (χ0v) is 17.5. The molecule has 2 aromatic rings. The smallest absolute Gasteiger partial charge is 0.224 e. The minimum absolute atomic E-state index is 0.00637. The zero-order chi connectivity index (χ0) is 21.4. The standard InChI is InChI=1S/C23H29N3O3/c1-17(2)26(16-20-9-6-5-7-10-20)23(29)13-14-25(19(4)28)22-12-8-11-21(15-22)24-18(3)27/h5-12,15,17H,13-14,16H2,1-4H3,(H,24,27). The predicted molar refractivity (Wildman–Crippen MR) is 116 cm³/mol. The Kier molecular flexibility index (Phi) is 7.95. The maximum absolute atomic E-state index is 12.9. The fourth-order valence-corrected chi connectivity index (χ4v) is 3.11. The molecule has 0 spiro atoms. The van der Waals surface area contributed by atoms with Crippen molar-refractivity contribution in [2.24, 2.45) is 0 Å². The van der Waals surface area contributed by atoms with E-state index in [0.717, 1.165) is 5.56 Å². The van der Waals surface area contributed by atoms with E-state index in [0.29, 0.717) is 17.9 Å². The molecule has 0 bridgehead atoms. The third kappa shape index (κ3) is 6.75. The summed E-state index contributed by atoms with van der Waals surface area (Å²) in [7, 11) is 0. The van der Waals surface area contributed by atoms with Crippen molar-refractivity contribution in [1.82, 2.24) is 4.90 Å². The van der Waals surface area contributed by atoms with Gasteiger partial charge in [0.25, 0.3) is 0 Å². The average molecular weight is 396 g/mol. The minimum Gasteiger partial charge on any atom is -0.336 e. The molecule has 2 rings (SSSR count). The molecule has 0 aliphatic rings. The van der Waals surface area contributed by atoms with Crippen LogP contribution in [0.2, 0.25) is 0 Å². The van der Waals surface area contributed by atoms with E-state index in [1.54, 1.807) is 29.2 Å². The molecule has 0 fully saturated rings. The van der Waals surface area contributed by atoms with Crippen molar-refractivity contribution in [3.8, 4) is 0 Å². The van der Waals surface area contributed by atoms with Gasteiger partial charge in [0, 0.05) is 50.8 Å². The summed E-state index contributed by atoms with van der Waals surface area (Å²) < 4.78 is 0. The van der Waals surface area contributed by atoms with Gasteiger partial charge in [-0.1, -0.05) is 36.4 Å².